The molecule has 0 fully saturated rings. The molecule has 3 aromatic carbocycles. The van der Waals surface area contributed by atoms with E-state index < -0.39 is 5.97 Å². The van der Waals surface area contributed by atoms with Gasteiger partial charge < -0.3 is 9.47 Å². The molecule has 3 aromatic rings. The fourth-order valence-corrected chi connectivity index (χ4v) is 5.24. The zero-order valence-corrected chi connectivity index (χ0v) is 25.1. The predicted octanol–water partition coefficient (Wildman–Crippen LogP) is 7.87. The maximum absolute atomic E-state index is 15.7. The number of hydrogen-bond acceptors (Lipinski definition) is 5. The van der Waals surface area contributed by atoms with Crippen molar-refractivity contribution in [2.24, 2.45) is 0 Å². The number of benzene rings is 3. The van der Waals surface area contributed by atoms with Crippen LogP contribution in [0.15, 0.2) is 85.0 Å². The zero-order valence-electron chi connectivity index (χ0n) is 25.1. The van der Waals surface area contributed by atoms with E-state index in [9.17, 15) is 14.4 Å². The molecule has 4 rings (SSSR count). The van der Waals surface area contributed by atoms with Crippen LogP contribution in [0.2, 0.25) is 0 Å². The first kappa shape index (κ1) is 31.4. The lowest BCUT2D eigenvalue weighted by atomic mass is 9.90. The van der Waals surface area contributed by atoms with Crippen molar-refractivity contribution in [3.8, 4) is 28.0 Å². The van der Waals surface area contributed by atoms with Crippen LogP contribution in [-0.4, -0.2) is 24.3 Å². The number of aryl methyl sites for hydroxylation is 1. The number of carbonyl (C=O) groups is 3. The number of ketones is 1. The summed E-state index contributed by atoms with van der Waals surface area (Å²) in [7, 11) is 0. The summed E-state index contributed by atoms with van der Waals surface area (Å²) in [4.78, 5) is 36.3. The van der Waals surface area contributed by atoms with Crippen molar-refractivity contribution in [3.05, 3.63) is 113 Å². The highest BCUT2D eigenvalue weighted by Gasteiger charge is 2.22. The van der Waals surface area contributed by atoms with E-state index in [2.05, 4.69) is 25.8 Å². The van der Waals surface area contributed by atoms with Crippen LogP contribution >= 0.6 is 0 Å². The molecule has 0 aromatic heterocycles. The fourth-order valence-electron chi connectivity index (χ4n) is 5.24. The van der Waals surface area contributed by atoms with Gasteiger partial charge in [-0.1, -0.05) is 50.1 Å². The zero-order chi connectivity index (χ0) is 31.3. The highest BCUT2D eigenvalue weighted by Crippen LogP contribution is 2.38. The molecule has 0 N–H and O–H groups in total. The van der Waals surface area contributed by atoms with Gasteiger partial charge in [0.2, 0.25) is 0 Å². The Hall–Kier alpha value is -4.58. The topological polar surface area (TPSA) is 69.7 Å². The van der Waals surface area contributed by atoms with Crippen molar-refractivity contribution < 1.29 is 28.2 Å². The summed E-state index contributed by atoms with van der Waals surface area (Å²) in [6, 6.07) is 14.3. The van der Waals surface area contributed by atoms with Crippen LogP contribution in [0.5, 0.6) is 5.75 Å². The summed E-state index contributed by atoms with van der Waals surface area (Å²) < 4.78 is 26.4. The van der Waals surface area contributed by atoms with E-state index in [-0.39, 0.29) is 35.3 Å². The van der Waals surface area contributed by atoms with Gasteiger partial charge in [0, 0.05) is 28.7 Å². The van der Waals surface area contributed by atoms with Crippen molar-refractivity contribution in [2.75, 3.05) is 6.61 Å². The Bertz CT molecular complexity index is 1640. The number of rotatable bonds is 12. The van der Waals surface area contributed by atoms with Gasteiger partial charge in [-0.15, -0.1) is 0 Å². The Morgan fingerprint density at radius 1 is 0.767 bits per heavy atom. The summed E-state index contributed by atoms with van der Waals surface area (Å²) in [5, 5.41) is 0. The number of Topliss-reactive ketones (excluding diaryl/α,β-unsaturated/α-hetero) is 1. The number of halogens is 1. The van der Waals surface area contributed by atoms with Crippen molar-refractivity contribution in [1.82, 2.24) is 0 Å². The smallest absolute Gasteiger partial charge is 0.338 e. The molecule has 0 heterocycles. The summed E-state index contributed by atoms with van der Waals surface area (Å²) in [5.74, 6) is -1.23. The second kappa shape index (κ2) is 13.6. The molecule has 0 spiro atoms. The number of hydrogen-bond donors (Lipinski definition) is 0. The van der Waals surface area contributed by atoms with E-state index >= 15 is 4.39 Å². The third-order valence-corrected chi connectivity index (χ3v) is 7.59. The molecule has 0 bridgehead atoms. The average molecular weight is 581 g/mol. The lowest BCUT2D eigenvalue weighted by molar-refractivity contribution is -0.139. The average Bonchev–Trinajstić information content (AvgIpc) is 3.46. The van der Waals surface area contributed by atoms with Gasteiger partial charge >= 0.3 is 11.9 Å². The molecule has 6 heteroatoms. The van der Waals surface area contributed by atoms with Crippen LogP contribution in [0.25, 0.3) is 22.3 Å². The lowest BCUT2D eigenvalue weighted by Crippen LogP contribution is -2.12. The molecule has 1 aliphatic rings. The first-order valence-electron chi connectivity index (χ1n) is 14.4. The predicted molar refractivity (Wildman–Crippen MR) is 167 cm³/mol. The summed E-state index contributed by atoms with van der Waals surface area (Å²) >= 11 is 0. The lowest BCUT2D eigenvalue weighted by Gasteiger charge is -2.16. The van der Waals surface area contributed by atoms with Crippen LogP contribution in [0, 0.1) is 5.82 Å². The van der Waals surface area contributed by atoms with Gasteiger partial charge in [-0.3, -0.25) is 4.79 Å². The van der Waals surface area contributed by atoms with E-state index in [4.69, 9.17) is 9.47 Å². The molecule has 5 nitrogen and oxygen atoms in total. The largest absolute Gasteiger partial charge is 0.462 e. The molecule has 0 aliphatic heterocycles. The Labute approximate surface area is 252 Å². The summed E-state index contributed by atoms with van der Waals surface area (Å²) in [6.45, 7) is 16.1. The highest BCUT2D eigenvalue weighted by molar-refractivity contribution is 5.96. The van der Waals surface area contributed by atoms with E-state index in [0.717, 1.165) is 31.2 Å². The monoisotopic (exact) mass is 580 g/mol. The molecule has 0 radical (unpaired) electrons. The van der Waals surface area contributed by atoms with Gasteiger partial charge in [-0.2, -0.15) is 0 Å². The number of ether oxygens (including phenoxy) is 2. The molecular weight excluding hydrogens is 543 g/mol. The molecule has 1 aliphatic carbocycles. The SMILES string of the molecule is C=C(C)C(=O)Cc1cc(-c2ccc(-c3ccc(CCCOC(=O)C(=C)C)c4c3CCC4)c(F)c2)ccc1OC(=O)C(=C)C. The molecule has 43 heavy (non-hydrogen) atoms. The van der Waals surface area contributed by atoms with E-state index in [0.29, 0.717) is 46.4 Å². The van der Waals surface area contributed by atoms with Gasteiger partial charge in [-0.05, 0) is 110 Å². The molecular formula is C37H37FO5. The Morgan fingerprint density at radius 3 is 2.09 bits per heavy atom. The van der Waals surface area contributed by atoms with Crippen LogP contribution in [0.1, 0.15) is 55.9 Å². The Morgan fingerprint density at radius 2 is 1.42 bits per heavy atom. The highest BCUT2D eigenvalue weighted by atomic mass is 19.1. The maximum atomic E-state index is 15.7. The second-order valence-electron chi connectivity index (χ2n) is 11.2. The Kier molecular flexibility index (Phi) is 9.92. The molecule has 0 unspecified atom stereocenters. The van der Waals surface area contributed by atoms with Crippen LogP contribution in [0.3, 0.4) is 0 Å². The first-order chi connectivity index (χ1) is 20.5. The molecule has 0 saturated carbocycles. The van der Waals surface area contributed by atoms with Crippen LogP contribution in [-0.2, 0) is 44.8 Å². The van der Waals surface area contributed by atoms with Gasteiger partial charge in [0.05, 0.1) is 6.61 Å². The minimum atomic E-state index is -0.586. The molecule has 222 valence electrons. The Balaban J connectivity index is 1.60. The second-order valence-corrected chi connectivity index (χ2v) is 11.2. The quantitative estimate of drug-likeness (QED) is 0.0944. The van der Waals surface area contributed by atoms with Gasteiger partial charge in [0.1, 0.15) is 11.6 Å². The van der Waals surface area contributed by atoms with E-state index in [1.807, 2.05) is 12.1 Å². The summed E-state index contributed by atoms with van der Waals surface area (Å²) in [6.07, 6.45) is 4.32. The van der Waals surface area contributed by atoms with Crippen molar-refractivity contribution >= 4 is 17.7 Å². The van der Waals surface area contributed by atoms with Crippen molar-refractivity contribution in [1.29, 1.82) is 0 Å². The minimum absolute atomic E-state index is 0.00262. The number of fused-ring (bicyclic) bond motifs is 1. The normalized spacial score (nSPS) is 11.9. The number of esters is 2. The minimum Gasteiger partial charge on any atom is -0.462 e. The van der Waals surface area contributed by atoms with E-state index in [1.54, 1.807) is 45.0 Å². The molecule has 0 amide bonds. The van der Waals surface area contributed by atoms with E-state index in [1.165, 1.54) is 22.8 Å². The van der Waals surface area contributed by atoms with Gasteiger partial charge in [-0.25, -0.2) is 14.0 Å². The number of carbonyl (C=O) groups excluding carboxylic acids is 3. The van der Waals surface area contributed by atoms with Crippen molar-refractivity contribution in [2.45, 2.75) is 59.3 Å². The van der Waals surface area contributed by atoms with Crippen molar-refractivity contribution in [3.63, 3.8) is 0 Å². The number of allylic oxidation sites excluding steroid dienone is 1. The fraction of sp³-hybridized carbons (Fsp3) is 0.270. The third kappa shape index (κ3) is 7.44. The summed E-state index contributed by atoms with van der Waals surface area (Å²) in [5.41, 5.74) is 7.93. The molecule has 0 saturated heterocycles. The first-order valence-corrected chi connectivity index (χ1v) is 14.4. The maximum Gasteiger partial charge on any atom is 0.338 e. The van der Waals surface area contributed by atoms with Crippen LogP contribution < -0.4 is 4.74 Å². The van der Waals surface area contributed by atoms with Gasteiger partial charge in [0.15, 0.2) is 5.78 Å². The third-order valence-electron chi connectivity index (χ3n) is 7.59. The van der Waals surface area contributed by atoms with Gasteiger partial charge in [0.25, 0.3) is 0 Å². The molecule has 0 atom stereocenters. The standard InChI is InChI=1S/C37H37FO5/c1-22(2)34(39)21-28-19-26(14-17-35(28)43-37(41)24(5)6)27-13-16-32(33(38)20-27)31-15-12-25(29-10-7-11-30(29)31)9-8-18-42-36(40)23(3)4/h12-17,19-20H,1,3,5,7-11,18,21H2,2,4,6H3. The van der Waals surface area contributed by atoms with Crippen LogP contribution in [0.4, 0.5) is 4.39 Å².